The second-order valence-electron chi connectivity index (χ2n) is 4.74. The third kappa shape index (κ3) is 3.72. The van der Waals surface area contributed by atoms with E-state index in [1.54, 1.807) is 12.5 Å². The number of nitrogens with one attached hydrogen (secondary N) is 1. The fraction of sp³-hybridized carbons (Fsp3) is 0.333. The molecule has 0 aliphatic heterocycles. The maximum Gasteiger partial charge on any atom is 0.0947 e. The molecule has 0 aliphatic carbocycles. The molecule has 1 aromatic heterocycles. The van der Waals surface area contributed by atoms with Crippen LogP contribution in [0.4, 0.5) is 0 Å². The van der Waals surface area contributed by atoms with Gasteiger partial charge in [-0.3, -0.25) is 0 Å². The summed E-state index contributed by atoms with van der Waals surface area (Å²) in [6, 6.07) is 10.5. The van der Waals surface area contributed by atoms with E-state index in [-0.39, 0.29) is 0 Å². The van der Waals surface area contributed by atoms with Crippen molar-refractivity contribution in [3.8, 4) is 0 Å². The maximum absolute atomic E-state index is 5.05. The monoisotopic (exact) mass is 244 g/mol. The van der Waals surface area contributed by atoms with E-state index in [1.165, 1.54) is 16.7 Å². The Morgan fingerprint density at radius 3 is 2.50 bits per heavy atom. The lowest BCUT2D eigenvalue weighted by atomic mass is 10.1. The molecule has 0 bridgehead atoms. The number of hydrogen-bond donors (Lipinski definition) is 1. The van der Waals surface area contributed by atoms with Crippen LogP contribution in [0.15, 0.2) is 47.3 Å². The molecular weight excluding hydrogens is 224 g/mol. The Kier molecular flexibility index (Phi) is 4.56. The van der Waals surface area contributed by atoms with Gasteiger partial charge >= 0.3 is 0 Å². The van der Waals surface area contributed by atoms with Crippen LogP contribution in [0.1, 0.15) is 16.7 Å². The summed E-state index contributed by atoms with van der Waals surface area (Å²) in [4.78, 5) is 2.19. The smallest absolute Gasteiger partial charge is 0.0947 e. The first kappa shape index (κ1) is 12.9. The maximum atomic E-state index is 5.05. The zero-order valence-electron chi connectivity index (χ0n) is 11.0. The largest absolute Gasteiger partial charge is 0.472 e. The highest BCUT2D eigenvalue weighted by Crippen LogP contribution is 2.10. The molecule has 18 heavy (non-hydrogen) atoms. The van der Waals surface area contributed by atoms with Crippen LogP contribution in [0.3, 0.4) is 0 Å². The van der Waals surface area contributed by atoms with E-state index in [2.05, 4.69) is 48.6 Å². The molecule has 3 nitrogen and oxygen atoms in total. The van der Waals surface area contributed by atoms with Gasteiger partial charge in [0, 0.05) is 25.2 Å². The van der Waals surface area contributed by atoms with Crippen molar-refractivity contribution in [1.29, 1.82) is 0 Å². The molecule has 2 rings (SSSR count). The normalized spacial score (nSPS) is 11.1. The molecule has 0 saturated carbocycles. The standard InChI is InChI=1S/C15H20N2O/c1-17(2)11-15-6-4-3-5-14(15)10-16-9-13-7-8-18-12-13/h3-8,12,16H,9-11H2,1-2H3. The van der Waals surface area contributed by atoms with Gasteiger partial charge in [0.05, 0.1) is 12.5 Å². The molecule has 0 atom stereocenters. The topological polar surface area (TPSA) is 28.4 Å². The molecule has 2 aromatic rings. The Labute approximate surface area is 108 Å². The molecule has 0 amide bonds. The van der Waals surface area contributed by atoms with Crippen LogP contribution in [0.25, 0.3) is 0 Å². The molecule has 1 N–H and O–H groups in total. The Hall–Kier alpha value is -1.58. The fourth-order valence-electron chi connectivity index (χ4n) is 1.96. The van der Waals surface area contributed by atoms with Crippen molar-refractivity contribution in [2.24, 2.45) is 0 Å². The summed E-state index contributed by atoms with van der Waals surface area (Å²) in [6.07, 6.45) is 3.48. The van der Waals surface area contributed by atoms with E-state index in [0.717, 1.165) is 19.6 Å². The SMILES string of the molecule is CN(C)Cc1ccccc1CNCc1ccoc1. The van der Waals surface area contributed by atoms with E-state index in [1.807, 2.05) is 6.07 Å². The first-order valence-corrected chi connectivity index (χ1v) is 6.19. The third-order valence-electron chi connectivity index (χ3n) is 2.83. The van der Waals surface area contributed by atoms with Gasteiger partial charge in [0.15, 0.2) is 0 Å². The Bertz CT molecular complexity index is 463. The van der Waals surface area contributed by atoms with Crippen molar-refractivity contribution in [2.45, 2.75) is 19.6 Å². The first-order valence-electron chi connectivity index (χ1n) is 6.19. The molecule has 1 heterocycles. The molecule has 3 heteroatoms. The van der Waals surface area contributed by atoms with Gasteiger partial charge < -0.3 is 14.6 Å². The molecule has 0 fully saturated rings. The van der Waals surface area contributed by atoms with Crippen LogP contribution in [-0.2, 0) is 19.6 Å². The average Bonchev–Trinajstić information content (AvgIpc) is 2.84. The van der Waals surface area contributed by atoms with Crippen LogP contribution in [-0.4, -0.2) is 19.0 Å². The number of benzene rings is 1. The Balaban J connectivity index is 1.92. The lowest BCUT2D eigenvalue weighted by Crippen LogP contribution is -2.17. The molecule has 0 radical (unpaired) electrons. The van der Waals surface area contributed by atoms with Crippen molar-refractivity contribution in [3.63, 3.8) is 0 Å². The minimum absolute atomic E-state index is 0.840. The van der Waals surface area contributed by atoms with E-state index in [0.29, 0.717) is 0 Å². The average molecular weight is 244 g/mol. The van der Waals surface area contributed by atoms with Gasteiger partial charge in [0.1, 0.15) is 0 Å². The summed E-state index contributed by atoms with van der Waals surface area (Å²) in [7, 11) is 4.19. The summed E-state index contributed by atoms with van der Waals surface area (Å²) in [5, 5.41) is 3.44. The zero-order chi connectivity index (χ0) is 12.8. The number of furan rings is 1. The quantitative estimate of drug-likeness (QED) is 0.846. The van der Waals surface area contributed by atoms with Crippen LogP contribution in [0, 0.1) is 0 Å². The third-order valence-corrected chi connectivity index (χ3v) is 2.83. The molecule has 0 saturated heterocycles. The van der Waals surface area contributed by atoms with E-state index < -0.39 is 0 Å². The number of hydrogen-bond acceptors (Lipinski definition) is 3. The lowest BCUT2D eigenvalue weighted by Gasteiger charge is -2.14. The van der Waals surface area contributed by atoms with Crippen molar-refractivity contribution < 1.29 is 4.42 Å². The molecule has 0 unspecified atom stereocenters. The van der Waals surface area contributed by atoms with E-state index in [4.69, 9.17) is 4.42 Å². The second kappa shape index (κ2) is 6.38. The number of rotatable bonds is 6. The summed E-state index contributed by atoms with van der Waals surface area (Å²) in [5.74, 6) is 0. The van der Waals surface area contributed by atoms with Gasteiger partial charge in [-0.2, -0.15) is 0 Å². The Morgan fingerprint density at radius 1 is 1.06 bits per heavy atom. The molecule has 96 valence electrons. The van der Waals surface area contributed by atoms with E-state index in [9.17, 15) is 0 Å². The molecular formula is C15H20N2O. The van der Waals surface area contributed by atoms with Crippen molar-refractivity contribution in [3.05, 3.63) is 59.5 Å². The van der Waals surface area contributed by atoms with Crippen LogP contribution in [0.5, 0.6) is 0 Å². The van der Waals surface area contributed by atoms with Gasteiger partial charge in [-0.15, -0.1) is 0 Å². The van der Waals surface area contributed by atoms with Gasteiger partial charge in [0.25, 0.3) is 0 Å². The molecule has 0 aliphatic rings. The van der Waals surface area contributed by atoms with Crippen LogP contribution < -0.4 is 5.32 Å². The van der Waals surface area contributed by atoms with Crippen molar-refractivity contribution in [2.75, 3.05) is 14.1 Å². The van der Waals surface area contributed by atoms with Gasteiger partial charge in [-0.05, 0) is 31.3 Å². The summed E-state index contributed by atoms with van der Waals surface area (Å²) < 4.78 is 5.05. The summed E-state index contributed by atoms with van der Waals surface area (Å²) in [6.45, 7) is 2.70. The van der Waals surface area contributed by atoms with Crippen LogP contribution in [0.2, 0.25) is 0 Å². The predicted molar refractivity (Wildman–Crippen MR) is 73.1 cm³/mol. The second-order valence-corrected chi connectivity index (χ2v) is 4.74. The molecule has 1 aromatic carbocycles. The highest BCUT2D eigenvalue weighted by molar-refractivity contribution is 5.27. The summed E-state index contributed by atoms with van der Waals surface area (Å²) in [5.41, 5.74) is 3.91. The number of nitrogens with zero attached hydrogens (tertiary/aromatic N) is 1. The first-order chi connectivity index (χ1) is 8.75. The van der Waals surface area contributed by atoms with Gasteiger partial charge in [-0.1, -0.05) is 24.3 Å². The van der Waals surface area contributed by atoms with Crippen molar-refractivity contribution >= 4 is 0 Å². The molecule has 0 spiro atoms. The summed E-state index contributed by atoms with van der Waals surface area (Å²) >= 11 is 0. The van der Waals surface area contributed by atoms with E-state index >= 15 is 0 Å². The zero-order valence-corrected chi connectivity index (χ0v) is 11.0. The highest BCUT2D eigenvalue weighted by atomic mass is 16.3. The lowest BCUT2D eigenvalue weighted by molar-refractivity contribution is 0.400. The highest BCUT2D eigenvalue weighted by Gasteiger charge is 2.02. The van der Waals surface area contributed by atoms with Crippen LogP contribution >= 0.6 is 0 Å². The fourth-order valence-corrected chi connectivity index (χ4v) is 1.96. The van der Waals surface area contributed by atoms with Gasteiger partial charge in [-0.25, -0.2) is 0 Å². The van der Waals surface area contributed by atoms with Gasteiger partial charge in [0.2, 0.25) is 0 Å². The van der Waals surface area contributed by atoms with Crippen molar-refractivity contribution in [1.82, 2.24) is 10.2 Å². The Morgan fingerprint density at radius 2 is 1.83 bits per heavy atom. The minimum Gasteiger partial charge on any atom is -0.472 e. The minimum atomic E-state index is 0.840. The predicted octanol–water partition coefficient (Wildman–Crippen LogP) is 2.63.